The molecule has 30 heavy (non-hydrogen) atoms. The van der Waals surface area contributed by atoms with Crippen molar-refractivity contribution in [1.29, 1.82) is 5.26 Å². The second kappa shape index (κ2) is 7.96. The third kappa shape index (κ3) is 4.10. The van der Waals surface area contributed by atoms with Crippen LogP contribution in [0.2, 0.25) is 0 Å². The molecule has 7 nitrogen and oxygen atoms in total. The summed E-state index contributed by atoms with van der Waals surface area (Å²) in [6.07, 6.45) is 7.17. The number of nitrogens with two attached hydrogens (primary N) is 1. The van der Waals surface area contributed by atoms with Crippen LogP contribution in [0.5, 0.6) is 5.75 Å². The molecule has 4 heterocycles. The molecule has 1 fully saturated rings. The molecule has 0 bridgehead atoms. The zero-order valence-electron chi connectivity index (χ0n) is 17.8. The van der Waals surface area contributed by atoms with E-state index < -0.39 is 0 Å². The van der Waals surface area contributed by atoms with E-state index in [-0.39, 0.29) is 5.54 Å². The largest absolute Gasteiger partial charge is 0.492 e. The molecule has 3 aromatic heterocycles. The summed E-state index contributed by atoms with van der Waals surface area (Å²) < 4.78 is 7.65. The molecule has 1 saturated heterocycles. The summed E-state index contributed by atoms with van der Waals surface area (Å²) in [5.74, 6) is 2.09. The molecule has 2 N–H and O–H groups in total. The Kier molecular flexibility index (Phi) is 5.35. The van der Waals surface area contributed by atoms with Crippen LogP contribution in [0.25, 0.3) is 16.6 Å². The molecule has 156 valence electrons. The maximum absolute atomic E-state index is 9.53. The quantitative estimate of drug-likeness (QED) is 0.698. The first kappa shape index (κ1) is 20.2. The molecule has 0 amide bonds. The van der Waals surface area contributed by atoms with Gasteiger partial charge < -0.3 is 15.4 Å². The summed E-state index contributed by atoms with van der Waals surface area (Å²) in [6, 6.07) is 8.29. The van der Waals surface area contributed by atoms with E-state index in [2.05, 4.69) is 36.8 Å². The van der Waals surface area contributed by atoms with Gasteiger partial charge in [-0.1, -0.05) is 13.8 Å². The average Bonchev–Trinajstić information content (AvgIpc) is 3.15. The minimum absolute atomic E-state index is 0.0891. The van der Waals surface area contributed by atoms with Gasteiger partial charge in [-0.05, 0) is 43.9 Å². The Morgan fingerprint density at radius 3 is 2.67 bits per heavy atom. The van der Waals surface area contributed by atoms with Crippen LogP contribution < -0.4 is 15.4 Å². The van der Waals surface area contributed by atoms with Crippen molar-refractivity contribution >= 4 is 11.3 Å². The Morgan fingerprint density at radius 1 is 1.27 bits per heavy atom. The second-order valence-corrected chi connectivity index (χ2v) is 8.80. The van der Waals surface area contributed by atoms with E-state index in [0.29, 0.717) is 18.1 Å². The summed E-state index contributed by atoms with van der Waals surface area (Å²) in [5.41, 5.74) is 9.27. The lowest BCUT2D eigenvalue weighted by Crippen LogP contribution is -2.48. The monoisotopic (exact) mass is 404 g/mol. The molecule has 0 aliphatic carbocycles. The fourth-order valence-electron chi connectivity index (χ4n) is 3.72. The van der Waals surface area contributed by atoms with Crippen LogP contribution in [0.4, 0.5) is 5.82 Å². The van der Waals surface area contributed by atoms with Gasteiger partial charge in [0.25, 0.3) is 0 Å². The van der Waals surface area contributed by atoms with Crippen LogP contribution in [0.3, 0.4) is 0 Å². The van der Waals surface area contributed by atoms with E-state index in [1.807, 2.05) is 30.6 Å². The molecule has 0 unspecified atom stereocenters. The van der Waals surface area contributed by atoms with E-state index in [4.69, 9.17) is 15.5 Å². The van der Waals surface area contributed by atoms with Gasteiger partial charge in [0.1, 0.15) is 17.6 Å². The summed E-state index contributed by atoms with van der Waals surface area (Å²) in [6.45, 7) is 8.75. The van der Waals surface area contributed by atoms with E-state index in [1.165, 1.54) is 0 Å². The zero-order valence-corrected chi connectivity index (χ0v) is 17.8. The number of hydrogen-bond donors (Lipinski definition) is 1. The van der Waals surface area contributed by atoms with Gasteiger partial charge in [-0.3, -0.25) is 0 Å². The van der Waals surface area contributed by atoms with Crippen molar-refractivity contribution in [3.63, 3.8) is 0 Å². The topological polar surface area (TPSA) is 92.5 Å². The molecule has 0 radical (unpaired) electrons. The normalized spacial score (nSPS) is 16.1. The number of rotatable bonds is 5. The van der Waals surface area contributed by atoms with Crippen molar-refractivity contribution in [3.8, 4) is 22.9 Å². The number of fused-ring (bicyclic) bond motifs is 1. The zero-order chi connectivity index (χ0) is 21.3. The van der Waals surface area contributed by atoms with Crippen molar-refractivity contribution < 1.29 is 4.74 Å². The Labute approximate surface area is 177 Å². The van der Waals surface area contributed by atoms with Crippen molar-refractivity contribution in [2.75, 3.05) is 24.6 Å². The number of hydrogen-bond acceptors (Lipinski definition) is 6. The summed E-state index contributed by atoms with van der Waals surface area (Å²) >= 11 is 0. The second-order valence-electron chi connectivity index (χ2n) is 8.80. The van der Waals surface area contributed by atoms with E-state index in [0.717, 1.165) is 54.1 Å². The lowest BCUT2D eigenvalue weighted by molar-refractivity contribution is 0.270. The Hall–Kier alpha value is -3.11. The van der Waals surface area contributed by atoms with Crippen molar-refractivity contribution in [2.24, 2.45) is 11.7 Å². The van der Waals surface area contributed by atoms with Crippen molar-refractivity contribution in [1.82, 2.24) is 14.6 Å². The van der Waals surface area contributed by atoms with Crippen LogP contribution >= 0.6 is 0 Å². The highest BCUT2D eigenvalue weighted by molar-refractivity contribution is 5.85. The van der Waals surface area contributed by atoms with Gasteiger partial charge in [-0.2, -0.15) is 10.4 Å². The molecule has 3 aromatic rings. The molecule has 1 aliphatic heterocycles. The summed E-state index contributed by atoms with van der Waals surface area (Å²) in [5, 5.41) is 13.9. The standard InChI is InChI=1S/C23H28N6O/c1-16(2)15-30-19-10-20(22-18(11-24)13-27-29(22)14-19)17-4-5-21(26-12-17)28-8-6-23(3,25)7-9-28/h4-5,10,12-14,16H,6-9,15,25H2,1-3H3. The minimum atomic E-state index is -0.0891. The fourth-order valence-corrected chi connectivity index (χ4v) is 3.72. The Bertz CT molecular complexity index is 1070. The number of aromatic nitrogens is 3. The van der Waals surface area contributed by atoms with Crippen LogP contribution in [0.15, 0.2) is 36.8 Å². The van der Waals surface area contributed by atoms with E-state index in [1.54, 1.807) is 10.7 Å². The first-order valence-corrected chi connectivity index (χ1v) is 10.4. The SMILES string of the molecule is CC(C)COc1cc(-c2ccc(N3CCC(C)(N)CC3)nc2)c2c(C#N)cnn2c1. The number of anilines is 1. The maximum atomic E-state index is 9.53. The van der Waals surface area contributed by atoms with Gasteiger partial charge >= 0.3 is 0 Å². The highest BCUT2D eigenvalue weighted by Gasteiger charge is 2.26. The molecule has 4 rings (SSSR count). The van der Waals surface area contributed by atoms with E-state index >= 15 is 0 Å². The average molecular weight is 405 g/mol. The van der Waals surface area contributed by atoms with Gasteiger partial charge in [0.05, 0.1) is 30.1 Å². The summed E-state index contributed by atoms with van der Waals surface area (Å²) in [7, 11) is 0. The summed E-state index contributed by atoms with van der Waals surface area (Å²) in [4.78, 5) is 6.98. The van der Waals surface area contributed by atoms with Crippen molar-refractivity contribution in [3.05, 3.63) is 42.4 Å². The number of nitrogens with zero attached hydrogens (tertiary/aromatic N) is 5. The third-order valence-electron chi connectivity index (χ3n) is 5.58. The van der Waals surface area contributed by atoms with Crippen LogP contribution in [0.1, 0.15) is 39.2 Å². The highest BCUT2D eigenvalue weighted by atomic mass is 16.5. The minimum Gasteiger partial charge on any atom is -0.492 e. The molecule has 0 spiro atoms. The third-order valence-corrected chi connectivity index (χ3v) is 5.58. The predicted octanol–water partition coefficient (Wildman–Crippen LogP) is 3.62. The molecule has 0 aromatic carbocycles. The van der Waals surface area contributed by atoms with Crippen LogP contribution in [-0.4, -0.2) is 39.8 Å². The number of ether oxygens (including phenoxy) is 1. The van der Waals surface area contributed by atoms with Gasteiger partial charge in [0.2, 0.25) is 0 Å². The lowest BCUT2D eigenvalue weighted by Gasteiger charge is -2.37. The molecule has 7 heteroatoms. The molecule has 0 saturated carbocycles. The molecular weight excluding hydrogens is 376 g/mol. The number of pyridine rings is 2. The molecule has 1 aliphatic rings. The van der Waals surface area contributed by atoms with Gasteiger partial charge in [-0.25, -0.2) is 9.50 Å². The van der Waals surface area contributed by atoms with E-state index in [9.17, 15) is 5.26 Å². The van der Waals surface area contributed by atoms with Gasteiger partial charge in [0.15, 0.2) is 0 Å². The van der Waals surface area contributed by atoms with Crippen LogP contribution in [-0.2, 0) is 0 Å². The van der Waals surface area contributed by atoms with Crippen molar-refractivity contribution in [2.45, 2.75) is 39.2 Å². The number of piperidine rings is 1. The molecule has 0 atom stereocenters. The number of nitriles is 1. The maximum Gasteiger partial charge on any atom is 0.138 e. The highest BCUT2D eigenvalue weighted by Crippen LogP contribution is 2.32. The van der Waals surface area contributed by atoms with Crippen LogP contribution in [0, 0.1) is 17.2 Å². The van der Waals surface area contributed by atoms with Gasteiger partial charge in [-0.15, -0.1) is 0 Å². The Morgan fingerprint density at radius 2 is 2.03 bits per heavy atom. The first-order chi connectivity index (χ1) is 14.4. The fraction of sp³-hybridized carbons (Fsp3) is 0.435. The lowest BCUT2D eigenvalue weighted by atomic mass is 9.91. The van der Waals surface area contributed by atoms with Gasteiger partial charge in [0, 0.05) is 36.0 Å². The Balaban J connectivity index is 1.67. The molecular formula is C23H28N6O. The predicted molar refractivity (Wildman–Crippen MR) is 118 cm³/mol. The first-order valence-electron chi connectivity index (χ1n) is 10.4. The smallest absolute Gasteiger partial charge is 0.138 e.